The molecular formula is C25H25N5O3S. The number of ether oxygens (including phenoxy) is 1. The summed E-state index contributed by atoms with van der Waals surface area (Å²) in [6.07, 6.45) is 0. The maximum absolute atomic E-state index is 12.7. The Bertz CT molecular complexity index is 1370. The van der Waals surface area contributed by atoms with Gasteiger partial charge < -0.3 is 14.5 Å². The molecule has 1 aliphatic heterocycles. The molecule has 0 unspecified atom stereocenters. The van der Waals surface area contributed by atoms with Crippen molar-refractivity contribution in [2.24, 2.45) is 0 Å². The topological polar surface area (TPSA) is 80.0 Å². The van der Waals surface area contributed by atoms with Crippen LogP contribution >= 0.6 is 11.3 Å². The molecule has 2 aromatic heterocycles. The number of amides is 1. The lowest BCUT2D eigenvalue weighted by atomic mass is 10.2. The highest BCUT2D eigenvalue weighted by molar-refractivity contribution is 7.19. The van der Waals surface area contributed by atoms with Gasteiger partial charge in [0.1, 0.15) is 16.6 Å². The zero-order chi connectivity index (χ0) is 23.7. The molecule has 3 heterocycles. The number of aryl methyl sites for hydroxylation is 2. The molecule has 2 aromatic carbocycles. The molecule has 5 rings (SSSR count). The Morgan fingerprint density at radius 2 is 1.62 bits per heavy atom. The van der Waals surface area contributed by atoms with E-state index >= 15 is 0 Å². The van der Waals surface area contributed by atoms with Crippen LogP contribution in [0, 0.1) is 13.8 Å². The van der Waals surface area contributed by atoms with E-state index in [2.05, 4.69) is 5.10 Å². The molecule has 0 aliphatic carbocycles. The third kappa shape index (κ3) is 4.65. The number of rotatable bonds is 5. The van der Waals surface area contributed by atoms with E-state index in [1.807, 2.05) is 67.3 Å². The number of aromatic nitrogens is 3. The standard InChI is InChI=1S/C25H25N5O3S/c1-17-3-7-19(8-4-17)24-27-30-22(31)15-21(26-25(30)34-24)28-11-13-29(14-12-28)23(32)16-33-20-9-5-18(2)6-10-20/h3-10,15H,11-14,16H2,1-2H3. The van der Waals surface area contributed by atoms with Crippen molar-refractivity contribution in [1.29, 1.82) is 0 Å². The SMILES string of the molecule is Cc1ccc(OCC(=O)N2CCN(c3cc(=O)n4nc(-c5ccc(C)cc5)sc4n3)CC2)cc1. The molecule has 0 spiro atoms. The number of hydrogen-bond acceptors (Lipinski definition) is 7. The Morgan fingerprint density at radius 3 is 2.29 bits per heavy atom. The molecule has 174 valence electrons. The van der Waals surface area contributed by atoms with Gasteiger partial charge in [-0.25, -0.2) is 4.98 Å². The van der Waals surface area contributed by atoms with Crippen molar-refractivity contribution in [3.63, 3.8) is 0 Å². The van der Waals surface area contributed by atoms with Gasteiger partial charge in [-0.05, 0) is 26.0 Å². The molecule has 1 aliphatic rings. The second-order valence-electron chi connectivity index (χ2n) is 8.39. The molecule has 1 fully saturated rings. The zero-order valence-electron chi connectivity index (χ0n) is 19.1. The predicted molar refractivity (Wildman–Crippen MR) is 133 cm³/mol. The largest absolute Gasteiger partial charge is 0.484 e. The van der Waals surface area contributed by atoms with E-state index < -0.39 is 0 Å². The van der Waals surface area contributed by atoms with Crippen molar-refractivity contribution in [3.8, 4) is 16.3 Å². The smallest absolute Gasteiger partial charge is 0.277 e. The fourth-order valence-corrected chi connectivity index (χ4v) is 4.74. The first-order valence-corrected chi connectivity index (χ1v) is 12.0. The predicted octanol–water partition coefficient (Wildman–Crippen LogP) is 3.16. The van der Waals surface area contributed by atoms with E-state index in [0.717, 1.165) is 16.1 Å². The van der Waals surface area contributed by atoms with Gasteiger partial charge in [0.2, 0.25) is 4.96 Å². The lowest BCUT2D eigenvalue weighted by molar-refractivity contribution is -0.133. The van der Waals surface area contributed by atoms with Gasteiger partial charge in [-0.3, -0.25) is 9.59 Å². The van der Waals surface area contributed by atoms with Crippen molar-refractivity contribution < 1.29 is 9.53 Å². The first kappa shape index (κ1) is 22.1. The van der Waals surface area contributed by atoms with Crippen LogP contribution < -0.4 is 15.2 Å². The maximum atomic E-state index is 12.7. The van der Waals surface area contributed by atoms with Crippen LogP contribution in [-0.4, -0.2) is 58.2 Å². The molecule has 1 saturated heterocycles. The van der Waals surface area contributed by atoms with Crippen molar-refractivity contribution in [1.82, 2.24) is 19.5 Å². The van der Waals surface area contributed by atoms with Gasteiger partial charge in [0, 0.05) is 37.8 Å². The fraction of sp³-hybridized carbons (Fsp3) is 0.280. The summed E-state index contributed by atoms with van der Waals surface area (Å²) in [5.41, 5.74) is 3.06. The van der Waals surface area contributed by atoms with Gasteiger partial charge in [-0.2, -0.15) is 9.61 Å². The molecule has 34 heavy (non-hydrogen) atoms. The Labute approximate surface area is 201 Å². The summed E-state index contributed by atoms with van der Waals surface area (Å²) in [7, 11) is 0. The van der Waals surface area contributed by atoms with Gasteiger partial charge in [0.25, 0.3) is 11.5 Å². The van der Waals surface area contributed by atoms with Crippen molar-refractivity contribution in [3.05, 3.63) is 76.1 Å². The Hall–Kier alpha value is -3.72. The summed E-state index contributed by atoms with van der Waals surface area (Å²) in [5, 5.41) is 5.21. The molecule has 0 radical (unpaired) electrons. The van der Waals surface area contributed by atoms with Gasteiger partial charge in [-0.1, -0.05) is 58.9 Å². The minimum atomic E-state index is -0.209. The summed E-state index contributed by atoms with van der Waals surface area (Å²) in [4.78, 5) is 34.4. The number of carbonyl (C=O) groups excluding carboxylic acids is 1. The van der Waals surface area contributed by atoms with Crippen LogP contribution in [0.4, 0.5) is 5.82 Å². The van der Waals surface area contributed by atoms with E-state index in [9.17, 15) is 9.59 Å². The zero-order valence-corrected chi connectivity index (χ0v) is 19.9. The van der Waals surface area contributed by atoms with Crippen LogP contribution in [-0.2, 0) is 4.79 Å². The number of benzene rings is 2. The van der Waals surface area contributed by atoms with Crippen LogP contribution in [0.5, 0.6) is 5.75 Å². The molecule has 4 aromatic rings. The molecule has 8 nitrogen and oxygen atoms in total. The van der Waals surface area contributed by atoms with Gasteiger partial charge in [0.05, 0.1) is 0 Å². The Balaban J connectivity index is 1.24. The molecule has 0 bridgehead atoms. The summed E-state index contributed by atoms with van der Waals surface area (Å²) in [5.74, 6) is 1.26. The van der Waals surface area contributed by atoms with E-state index in [0.29, 0.717) is 42.7 Å². The summed E-state index contributed by atoms with van der Waals surface area (Å²) >= 11 is 1.39. The van der Waals surface area contributed by atoms with Crippen LogP contribution in [0.25, 0.3) is 15.5 Å². The lowest BCUT2D eigenvalue weighted by Gasteiger charge is -2.35. The molecular weight excluding hydrogens is 450 g/mol. The highest BCUT2D eigenvalue weighted by atomic mass is 32.1. The number of anilines is 1. The number of piperazine rings is 1. The number of nitrogens with zero attached hydrogens (tertiary/aromatic N) is 5. The Kier molecular flexibility index (Phi) is 6.02. The van der Waals surface area contributed by atoms with Crippen molar-refractivity contribution >= 4 is 28.0 Å². The second kappa shape index (κ2) is 9.26. The minimum Gasteiger partial charge on any atom is -0.484 e. The van der Waals surface area contributed by atoms with Crippen molar-refractivity contribution in [2.45, 2.75) is 13.8 Å². The summed E-state index contributed by atoms with van der Waals surface area (Å²) < 4.78 is 6.98. The minimum absolute atomic E-state index is 0.0112. The van der Waals surface area contributed by atoms with Crippen LogP contribution in [0.15, 0.2) is 59.4 Å². The number of carbonyl (C=O) groups is 1. The van der Waals surface area contributed by atoms with Crippen LogP contribution in [0.2, 0.25) is 0 Å². The van der Waals surface area contributed by atoms with Crippen LogP contribution in [0.3, 0.4) is 0 Å². The monoisotopic (exact) mass is 475 g/mol. The average molecular weight is 476 g/mol. The third-order valence-corrected chi connectivity index (χ3v) is 6.83. The molecule has 1 amide bonds. The van der Waals surface area contributed by atoms with E-state index in [-0.39, 0.29) is 18.1 Å². The van der Waals surface area contributed by atoms with E-state index in [4.69, 9.17) is 9.72 Å². The fourth-order valence-electron chi connectivity index (χ4n) is 3.83. The average Bonchev–Trinajstić information content (AvgIpc) is 3.29. The maximum Gasteiger partial charge on any atom is 0.277 e. The highest BCUT2D eigenvalue weighted by Gasteiger charge is 2.23. The first-order chi connectivity index (χ1) is 16.5. The van der Waals surface area contributed by atoms with Crippen LogP contribution in [0.1, 0.15) is 11.1 Å². The molecule has 0 atom stereocenters. The summed E-state index contributed by atoms with van der Waals surface area (Å²) in [6.45, 7) is 6.35. The van der Waals surface area contributed by atoms with Gasteiger partial charge in [-0.15, -0.1) is 0 Å². The summed E-state index contributed by atoms with van der Waals surface area (Å²) in [6, 6.07) is 17.2. The Morgan fingerprint density at radius 1 is 0.971 bits per heavy atom. The van der Waals surface area contributed by atoms with E-state index in [1.165, 1.54) is 27.5 Å². The lowest BCUT2D eigenvalue weighted by Crippen LogP contribution is -2.50. The van der Waals surface area contributed by atoms with Crippen molar-refractivity contribution in [2.75, 3.05) is 37.7 Å². The molecule has 9 heteroatoms. The second-order valence-corrected chi connectivity index (χ2v) is 9.35. The highest BCUT2D eigenvalue weighted by Crippen LogP contribution is 2.25. The quantitative estimate of drug-likeness (QED) is 0.441. The van der Waals surface area contributed by atoms with E-state index in [1.54, 1.807) is 4.90 Å². The molecule has 0 N–H and O–H groups in total. The molecule has 0 saturated carbocycles. The number of hydrogen-bond donors (Lipinski definition) is 0. The third-order valence-electron chi connectivity index (χ3n) is 5.87. The van der Waals surface area contributed by atoms with Gasteiger partial charge >= 0.3 is 0 Å². The normalized spacial score (nSPS) is 13.9. The first-order valence-electron chi connectivity index (χ1n) is 11.2. The van der Waals surface area contributed by atoms with Gasteiger partial charge in [0.15, 0.2) is 6.61 Å². The number of fused-ring (bicyclic) bond motifs is 1.